The number of nitrogens with zero attached hydrogens (tertiary/aromatic N) is 3. The first-order chi connectivity index (χ1) is 13.2. The van der Waals surface area contributed by atoms with Gasteiger partial charge in [0.05, 0.1) is 12.2 Å². The Bertz CT molecular complexity index is 865. The van der Waals surface area contributed by atoms with E-state index in [0.717, 1.165) is 5.75 Å². The van der Waals surface area contributed by atoms with Gasteiger partial charge in [-0.2, -0.15) is 0 Å². The predicted octanol–water partition coefficient (Wildman–Crippen LogP) is 3.76. The van der Waals surface area contributed by atoms with Crippen molar-refractivity contribution >= 4 is 17.5 Å². The number of benzene rings is 2. The third-order valence-corrected chi connectivity index (χ3v) is 3.93. The number of aromatic nitrogens is 2. The number of carbonyl (C=O) groups is 1. The summed E-state index contributed by atoms with van der Waals surface area (Å²) < 4.78 is 5.39. The Hall–Kier alpha value is -3.41. The lowest BCUT2D eigenvalue weighted by atomic mass is 10.2. The van der Waals surface area contributed by atoms with Gasteiger partial charge in [-0.15, -0.1) is 0 Å². The average molecular weight is 362 g/mol. The topological polar surface area (TPSA) is 67.3 Å². The molecule has 6 heteroatoms. The molecule has 0 spiro atoms. The van der Waals surface area contributed by atoms with E-state index in [4.69, 9.17) is 4.74 Å². The van der Waals surface area contributed by atoms with Gasteiger partial charge in [0.2, 0.25) is 5.95 Å². The van der Waals surface area contributed by atoms with Crippen molar-refractivity contribution < 1.29 is 9.53 Å². The highest BCUT2D eigenvalue weighted by molar-refractivity contribution is 6.03. The van der Waals surface area contributed by atoms with Crippen LogP contribution in [0.25, 0.3) is 0 Å². The summed E-state index contributed by atoms with van der Waals surface area (Å²) >= 11 is 0. The lowest BCUT2D eigenvalue weighted by molar-refractivity contribution is 0.102. The molecule has 0 saturated carbocycles. The maximum Gasteiger partial charge on any atom is 0.258 e. The lowest BCUT2D eigenvalue weighted by Crippen LogP contribution is -2.20. The average Bonchev–Trinajstić information content (AvgIpc) is 2.70. The molecule has 1 aromatic heterocycles. The van der Waals surface area contributed by atoms with E-state index < -0.39 is 0 Å². The molecule has 1 heterocycles. The maximum absolute atomic E-state index is 12.4. The molecule has 0 fully saturated rings. The molecule has 0 saturated heterocycles. The summed E-state index contributed by atoms with van der Waals surface area (Å²) in [6, 6.07) is 17.3. The minimum atomic E-state index is -0.253. The number of anilines is 2. The largest absolute Gasteiger partial charge is 0.494 e. The van der Waals surface area contributed by atoms with Crippen LogP contribution in [0.2, 0.25) is 0 Å². The van der Waals surface area contributed by atoms with Crippen molar-refractivity contribution in [3.05, 3.63) is 78.1 Å². The molecule has 6 nitrogen and oxygen atoms in total. The summed E-state index contributed by atoms with van der Waals surface area (Å²) in [5.41, 5.74) is 2.26. The highest BCUT2D eigenvalue weighted by atomic mass is 16.5. The van der Waals surface area contributed by atoms with Crippen LogP contribution in [0, 0.1) is 0 Å². The molecule has 0 aliphatic heterocycles. The van der Waals surface area contributed by atoms with Crippen LogP contribution in [0.4, 0.5) is 11.6 Å². The Labute approximate surface area is 158 Å². The molecule has 0 bridgehead atoms. The second kappa shape index (κ2) is 8.80. The maximum atomic E-state index is 12.4. The Morgan fingerprint density at radius 3 is 2.33 bits per heavy atom. The van der Waals surface area contributed by atoms with E-state index in [1.54, 1.807) is 12.1 Å². The molecule has 138 valence electrons. The zero-order valence-corrected chi connectivity index (χ0v) is 15.4. The van der Waals surface area contributed by atoms with E-state index in [-0.39, 0.29) is 5.91 Å². The van der Waals surface area contributed by atoms with Gasteiger partial charge in [-0.3, -0.25) is 4.79 Å². The molecule has 2 aromatic carbocycles. The standard InChI is InChI=1S/C21H22N4O2/c1-3-27-19-11-9-18(10-12-19)24-20(26)17-13-22-21(23-14-17)25(2)15-16-7-5-4-6-8-16/h4-14H,3,15H2,1-2H3,(H,24,26). The van der Waals surface area contributed by atoms with Crippen LogP contribution < -0.4 is 15.0 Å². The molecule has 1 amide bonds. The first-order valence-electron chi connectivity index (χ1n) is 8.77. The molecule has 0 unspecified atom stereocenters. The highest BCUT2D eigenvalue weighted by Crippen LogP contribution is 2.17. The van der Waals surface area contributed by atoms with E-state index in [0.29, 0.717) is 30.4 Å². The molecule has 0 aliphatic carbocycles. The number of nitrogens with one attached hydrogen (secondary N) is 1. The fourth-order valence-corrected chi connectivity index (χ4v) is 2.57. The Balaban J connectivity index is 1.61. The van der Waals surface area contributed by atoms with Crippen LogP contribution in [-0.2, 0) is 6.54 Å². The summed E-state index contributed by atoms with van der Waals surface area (Å²) in [6.07, 6.45) is 3.07. The molecule has 27 heavy (non-hydrogen) atoms. The molecule has 0 aliphatic rings. The monoisotopic (exact) mass is 362 g/mol. The summed E-state index contributed by atoms with van der Waals surface area (Å²) in [5.74, 6) is 1.08. The molecule has 0 atom stereocenters. The molecule has 3 aromatic rings. The van der Waals surface area contributed by atoms with Gasteiger partial charge in [-0.05, 0) is 36.8 Å². The van der Waals surface area contributed by atoms with E-state index in [2.05, 4.69) is 27.4 Å². The number of hydrogen-bond acceptors (Lipinski definition) is 5. The molecular weight excluding hydrogens is 340 g/mol. The van der Waals surface area contributed by atoms with Crippen LogP contribution in [0.3, 0.4) is 0 Å². The number of rotatable bonds is 7. The SMILES string of the molecule is CCOc1ccc(NC(=O)c2cnc(N(C)Cc3ccccc3)nc2)cc1. The second-order valence-corrected chi connectivity index (χ2v) is 6.02. The Morgan fingerprint density at radius 2 is 1.70 bits per heavy atom. The molecule has 1 N–H and O–H groups in total. The second-order valence-electron chi connectivity index (χ2n) is 6.02. The zero-order valence-electron chi connectivity index (χ0n) is 15.4. The fourth-order valence-electron chi connectivity index (χ4n) is 2.57. The van der Waals surface area contributed by atoms with Crippen molar-refractivity contribution in [3.63, 3.8) is 0 Å². The quantitative estimate of drug-likeness (QED) is 0.693. The summed E-state index contributed by atoms with van der Waals surface area (Å²) in [6.45, 7) is 3.23. The van der Waals surface area contributed by atoms with Crippen LogP contribution >= 0.6 is 0 Å². The van der Waals surface area contributed by atoms with Gasteiger partial charge in [0, 0.05) is 31.7 Å². The molecular formula is C21H22N4O2. The van der Waals surface area contributed by atoms with Gasteiger partial charge in [0.15, 0.2) is 0 Å². The number of hydrogen-bond donors (Lipinski definition) is 1. The van der Waals surface area contributed by atoms with Gasteiger partial charge < -0.3 is 15.0 Å². The van der Waals surface area contributed by atoms with Crippen molar-refractivity contribution in [2.45, 2.75) is 13.5 Å². The third kappa shape index (κ3) is 5.04. The van der Waals surface area contributed by atoms with E-state index >= 15 is 0 Å². The van der Waals surface area contributed by atoms with Gasteiger partial charge in [0.1, 0.15) is 5.75 Å². The smallest absolute Gasteiger partial charge is 0.258 e. The zero-order chi connectivity index (χ0) is 19.1. The minimum Gasteiger partial charge on any atom is -0.494 e. The van der Waals surface area contributed by atoms with E-state index in [1.807, 2.05) is 49.2 Å². The van der Waals surface area contributed by atoms with Crippen molar-refractivity contribution in [1.82, 2.24) is 9.97 Å². The Morgan fingerprint density at radius 1 is 1.04 bits per heavy atom. The van der Waals surface area contributed by atoms with Gasteiger partial charge in [-0.1, -0.05) is 30.3 Å². The molecule has 0 radical (unpaired) electrons. The van der Waals surface area contributed by atoms with Gasteiger partial charge >= 0.3 is 0 Å². The lowest BCUT2D eigenvalue weighted by Gasteiger charge is -2.17. The van der Waals surface area contributed by atoms with Crippen LogP contribution in [0.5, 0.6) is 5.75 Å². The predicted molar refractivity (Wildman–Crippen MR) is 106 cm³/mol. The van der Waals surface area contributed by atoms with Crippen LogP contribution in [-0.4, -0.2) is 29.5 Å². The van der Waals surface area contributed by atoms with E-state index in [9.17, 15) is 4.79 Å². The van der Waals surface area contributed by atoms with Crippen LogP contribution in [0.15, 0.2) is 67.0 Å². The van der Waals surface area contributed by atoms with Crippen molar-refractivity contribution in [1.29, 1.82) is 0 Å². The van der Waals surface area contributed by atoms with E-state index in [1.165, 1.54) is 18.0 Å². The number of amides is 1. The molecule has 3 rings (SSSR count). The fraction of sp³-hybridized carbons (Fsp3) is 0.190. The first kappa shape index (κ1) is 18.4. The summed E-state index contributed by atoms with van der Waals surface area (Å²) in [5, 5.41) is 2.83. The van der Waals surface area contributed by atoms with Crippen molar-refractivity contribution in [2.24, 2.45) is 0 Å². The van der Waals surface area contributed by atoms with Crippen molar-refractivity contribution in [2.75, 3.05) is 23.9 Å². The number of ether oxygens (including phenoxy) is 1. The van der Waals surface area contributed by atoms with Gasteiger partial charge in [-0.25, -0.2) is 9.97 Å². The summed E-state index contributed by atoms with van der Waals surface area (Å²) in [4.78, 5) is 22.9. The normalized spacial score (nSPS) is 10.3. The third-order valence-electron chi connectivity index (χ3n) is 3.93. The minimum absolute atomic E-state index is 0.253. The highest BCUT2D eigenvalue weighted by Gasteiger charge is 2.10. The van der Waals surface area contributed by atoms with Crippen molar-refractivity contribution in [3.8, 4) is 5.75 Å². The number of carbonyl (C=O) groups excluding carboxylic acids is 1. The summed E-state index contributed by atoms with van der Waals surface area (Å²) in [7, 11) is 1.92. The van der Waals surface area contributed by atoms with Gasteiger partial charge in [0.25, 0.3) is 5.91 Å². The Kier molecular flexibility index (Phi) is 5.99. The van der Waals surface area contributed by atoms with Crippen LogP contribution in [0.1, 0.15) is 22.8 Å². The first-order valence-corrected chi connectivity index (χ1v) is 8.77.